The number of ether oxygens (including phenoxy) is 1. The van der Waals surface area contributed by atoms with E-state index in [9.17, 15) is 13.2 Å². The lowest BCUT2D eigenvalue weighted by atomic mass is 10.1. The highest BCUT2D eigenvalue weighted by atomic mass is 32.2. The number of sulfone groups is 1. The van der Waals surface area contributed by atoms with Gasteiger partial charge in [-0.1, -0.05) is 0 Å². The molecule has 1 amide bonds. The third kappa shape index (κ3) is 5.05. The number of aryl methyl sites for hydroxylation is 1. The fourth-order valence-electron chi connectivity index (χ4n) is 2.72. The molecule has 156 valence electrons. The zero-order chi connectivity index (χ0) is 21.9. The van der Waals surface area contributed by atoms with Crippen molar-refractivity contribution in [2.75, 3.05) is 13.3 Å². The molecule has 30 heavy (non-hydrogen) atoms. The van der Waals surface area contributed by atoms with Crippen LogP contribution in [0.15, 0.2) is 64.6 Å². The summed E-state index contributed by atoms with van der Waals surface area (Å²) in [6.45, 7) is 1.97. The highest BCUT2D eigenvalue weighted by molar-refractivity contribution is 7.90. The lowest BCUT2D eigenvalue weighted by Gasteiger charge is -2.09. The van der Waals surface area contributed by atoms with Crippen LogP contribution in [-0.4, -0.2) is 33.5 Å². The fourth-order valence-corrected chi connectivity index (χ4v) is 4.29. The van der Waals surface area contributed by atoms with Gasteiger partial charge in [0.15, 0.2) is 9.84 Å². The van der Waals surface area contributed by atoms with Crippen LogP contribution in [0.25, 0.3) is 10.1 Å². The number of hydrogen-bond acceptors (Lipinski definition) is 6. The lowest BCUT2D eigenvalue weighted by molar-refractivity contribution is 0.100. The average Bonchev–Trinajstić information content (AvgIpc) is 3.06. The van der Waals surface area contributed by atoms with Crippen molar-refractivity contribution in [3.63, 3.8) is 0 Å². The molecule has 3 N–H and O–H groups in total. The van der Waals surface area contributed by atoms with Crippen LogP contribution < -0.4 is 15.8 Å². The standard InChI is InChI=1S/C21H21N3O4S2/c1-13-10-14-11-15(21(25)24-19(22)8-9-23-2)12-18(20(14)29-13)28-16-4-6-17(7-5-16)30(3,26)27/h4-12,23H,1-3H3,(H2,22,24,25)/b9-8-. The molecule has 0 unspecified atom stereocenters. The molecule has 0 aliphatic heterocycles. The number of amidine groups is 1. The van der Waals surface area contributed by atoms with Gasteiger partial charge in [0.05, 0.1) is 9.60 Å². The quantitative estimate of drug-likeness (QED) is 0.444. The van der Waals surface area contributed by atoms with Gasteiger partial charge in [-0.05, 0) is 67.1 Å². The Bertz CT molecular complexity index is 1260. The first kappa shape index (κ1) is 21.5. The summed E-state index contributed by atoms with van der Waals surface area (Å²) in [6, 6.07) is 11.4. The fraction of sp³-hybridized carbons (Fsp3) is 0.143. The van der Waals surface area contributed by atoms with Crippen LogP contribution in [-0.2, 0) is 9.84 Å². The Morgan fingerprint density at radius 1 is 1.20 bits per heavy atom. The van der Waals surface area contributed by atoms with E-state index >= 15 is 0 Å². The number of nitrogens with two attached hydrogens (primary N) is 1. The van der Waals surface area contributed by atoms with E-state index in [0.29, 0.717) is 17.1 Å². The van der Waals surface area contributed by atoms with Crippen molar-refractivity contribution in [3.05, 3.63) is 65.2 Å². The van der Waals surface area contributed by atoms with Crippen LogP contribution in [0, 0.1) is 6.92 Å². The largest absolute Gasteiger partial charge is 0.456 e. The Morgan fingerprint density at radius 3 is 2.53 bits per heavy atom. The SMILES string of the molecule is CN/C=C\C(N)=NC(=O)c1cc(Oc2ccc(S(C)(=O)=O)cc2)c2sc(C)cc2c1. The number of nitrogens with one attached hydrogen (secondary N) is 1. The van der Waals surface area contributed by atoms with Gasteiger partial charge in [-0.25, -0.2) is 8.42 Å². The van der Waals surface area contributed by atoms with E-state index in [1.807, 2.05) is 13.0 Å². The predicted molar refractivity (Wildman–Crippen MR) is 120 cm³/mol. The van der Waals surface area contributed by atoms with E-state index in [1.54, 1.807) is 37.5 Å². The minimum Gasteiger partial charge on any atom is -0.456 e. The molecular weight excluding hydrogens is 422 g/mol. The summed E-state index contributed by atoms with van der Waals surface area (Å²) in [6.07, 6.45) is 4.21. The highest BCUT2D eigenvalue weighted by Gasteiger charge is 2.15. The molecule has 7 nitrogen and oxygen atoms in total. The molecule has 2 aromatic carbocycles. The number of carbonyl (C=O) groups excluding carboxylic acids is 1. The molecule has 0 saturated heterocycles. The zero-order valence-corrected chi connectivity index (χ0v) is 18.3. The molecule has 1 aromatic heterocycles. The third-order valence-electron chi connectivity index (χ3n) is 4.08. The Hall–Kier alpha value is -3.17. The van der Waals surface area contributed by atoms with Crippen molar-refractivity contribution in [2.45, 2.75) is 11.8 Å². The summed E-state index contributed by atoms with van der Waals surface area (Å²) < 4.78 is 30.2. The number of nitrogens with zero attached hydrogens (tertiary/aromatic N) is 1. The van der Waals surface area contributed by atoms with Gasteiger partial charge in [-0.2, -0.15) is 4.99 Å². The van der Waals surface area contributed by atoms with Gasteiger partial charge in [0, 0.05) is 23.7 Å². The Labute approximate surface area is 178 Å². The number of hydrogen-bond donors (Lipinski definition) is 2. The van der Waals surface area contributed by atoms with E-state index < -0.39 is 15.7 Å². The summed E-state index contributed by atoms with van der Waals surface area (Å²) in [5, 5.41) is 3.63. The summed E-state index contributed by atoms with van der Waals surface area (Å²) >= 11 is 1.54. The minimum atomic E-state index is -3.29. The monoisotopic (exact) mass is 443 g/mol. The molecular formula is C21H21N3O4S2. The summed E-state index contributed by atoms with van der Waals surface area (Å²) in [5.74, 6) is 0.533. The third-order valence-corrected chi connectivity index (χ3v) is 6.29. The van der Waals surface area contributed by atoms with E-state index in [2.05, 4.69) is 10.3 Å². The van der Waals surface area contributed by atoms with E-state index in [1.165, 1.54) is 29.5 Å². The first-order valence-corrected chi connectivity index (χ1v) is 11.6. The van der Waals surface area contributed by atoms with Gasteiger partial charge in [0.25, 0.3) is 5.91 Å². The van der Waals surface area contributed by atoms with Crippen molar-refractivity contribution >= 4 is 43.0 Å². The van der Waals surface area contributed by atoms with Crippen molar-refractivity contribution in [1.29, 1.82) is 0 Å². The zero-order valence-electron chi connectivity index (χ0n) is 16.7. The maximum atomic E-state index is 12.6. The normalized spacial score (nSPS) is 12.4. The summed E-state index contributed by atoms with van der Waals surface area (Å²) in [7, 11) is -1.58. The van der Waals surface area contributed by atoms with Crippen molar-refractivity contribution in [3.8, 4) is 11.5 Å². The van der Waals surface area contributed by atoms with Crippen LogP contribution in [0.1, 0.15) is 15.2 Å². The number of carbonyl (C=O) groups is 1. The van der Waals surface area contributed by atoms with E-state index in [-0.39, 0.29) is 10.7 Å². The van der Waals surface area contributed by atoms with Gasteiger partial charge < -0.3 is 15.8 Å². The van der Waals surface area contributed by atoms with Crippen molar-refractivity contribution in [1.82, 2.24) is 5.32 Å². The van der Waals surface area contributed by atoms with Gasteiger partial charge in [0.2, 0.25) is 0 Å². The molecule has 0 fully saturated rings. The average molecular weight is 444 g/mol. The second kappa shape index (κ2) is 8.68. The van der Waals surface area contributed by atoms with Crippen molar-refractivity contribution in [2.24, 2.45) is 10.7 Å². The van der Waals surface area contributed by atoms with Gasteiger partial charge in [-0.15, -0.1) is 11.3 Å². The van der Waals surface area contributed by atoms with Gasteiger partial charge in [0.1, 0.15) is 17.3 Å². The molecule has 9 heteroatoms. The van der Waals surface area contributed by atoms with Crippen LogP contribution in [0.3, 0.4) is 0 Å². The summed E-state index contributed by atoms with van der Waals surface area (Å²) in [4.78, 5) is 17.7. The molecule has 3 aromatic rings. The molecule has 0 aliphatic carbocycles. The smallest absolute Gasteiger partial charge is 0.279 e. The molecule has 3 rings (SSSR count). The number of amides is 1. The molecule has 0 radical (unpaired) electrons. The van der Waals surface area contributed by atoms with Crippen LogP contribution in [0.2, 0.25) is 0 Å². The predicted octanol–water partition coefficient (Wildman–Crippen LogP) is 3.64. The molecule has 0 spiro atoms. The topological polar surface area (TPSA) is 111 Å². The maximum absolute atomic E-state index is 12.6. The summed E-state index contributed by atoms with van der Waals surface area (Å²) in [5.41, 5.74) is 6.09. The maximum Gasteiger partial charge on any atom is 0.279 e. The number of aliphatic imine (C=N–C) groups is 1. The number of fused-ring (bicyclic) bond motifs is 1. The Morgan fingerprint density at radius 2 is 1.90 bits per heavy atom. The van der Waals surface area contributed by atoms with Crippen LogP contribution in [0.4, 0.5) is 0 Å². The highest BCUT2D eigenvalue weighted by Crippen LogP contribution is 2.37. The molecule has 1 heterocycles. The number of benzene rings is 2. The van der Waals surface area contributed by atoms with Crippen LogP contribution >= 0.6 is 11.3 Å². The van der Waals surface area contributed by atoms with Gasteiger partial charge in [-0.3, -0.25) is 4.79 Å². The second-order valence-electron chi connectivity index (χ2n) is 6.56. The second-order valence-corrected chi connectivity index (χ2v) is 9.83. The van der Waals surface area contributed by atoms with E-state index in [0.717, 1.165) is 21.2 Å². The molecule has 0 bridgehead atoms. The lowest BCUT2D eigenvalue weighted by Crippen LogP contribution is -2.12. The first-order chi connectivity index (χ1) is 14.2. The number of thiophene rings is 1. The molecule has 0 aliphatic rings. The van der Waals surface area contributed by atoms with Crippen LogP contribution in [0.5, 0.6) is 11.5 Å². The molecule has 0 saturated carbocycles. The molecule has 0 atom stereocenters. The Kier molecular flexibility index (Phi) is 6.23. The van der Waals surface area contributed by atoms with Crippen molar-refractivity contribution < 1.29 is 17.9 Å². The Balaban J connectivity index is 1.99. The van der Waals surface area contributed by atoms with Gasteiger partial charge >= 0.3 is 0 Å². The van der Waals surface area contributed by atoms with E-state index in [4.69, 9.17) is 10.5 Å². The first-order valence-electron chi connectivity index (χ1n) is 8.92. The minimum absolute atomic E-state index is 0.0785. The number of rotatable bonds is 6.